The highest BCUT2D eigenvalue weighted by molar-refractivity contribution is 5.15. The first kappa shape index (κ1) is 22.6. The van der Waals surface area contributed by atoms with Crippen LogP contribution in [0.5, 0.6) is 0 Å². The number of ether oxygens (including phenoxy) is 4. The number of hydrogen-bond acceptors (Lipinski definition) is 5. The molecule has 1 N–H and O–H groups in total. The van der Waals surface area contributed by atoms with Crippen molar-refractivity contribution in [3.63, 3.8) is 0 Å². The van der Waals surface area contributed by atoms with Crippen molar-refractivity contribution in [2.24, 2.45) is 0 Å². The van der Waals surface area contributed by atoms with Gasteiger partial charge < -0.3 is 24.1 Å². The summed E-state index contributed by atoms with van der Waals surface area (Å²) in [6, 6.07) is 29.8. The molecule has 0 aliphatic carbocycles. The van der Waals surface area contributed by atoms with Gasteiger partial charge in [-0.2, -0.15) is 0 Å². The third kappa shape index (κ3) is 6.03. The molecule has 1 aliphatic rings. The molecule has 5 heteroatoms. The Kier molecular flexibility index (Phi) is 7.68. The predicted molar refractivity (Wildman–Crippen MR) is 122 cm³/mol. The molecule has 5 nitrogen and oxygen atoms in total. The van der Waals surface area contributed by atoms with E-state index in [1.165, 1.54) is 0 Å². The Morgan fingerprint density at radius 1 is 0.719 bits per heavy atom. The molecule has 0 spiro atoms. The van der Waals surface area contributed by atoms with Gasteiger partial charge in [0.2, 0.25) is 0 Å². The number of rotatable bonds is 10. The molecular weight excluding hydrogens is 404 g/mol. The predicted octanol–water partition coefficient (Wildman–Crippen LogP) is 4.48. The summed E-state index contributed by atoms with van der Waals surface area (Å²) in [5.41, 5.74) is 3.15. The molecule has 1 saturated heterocycles. The minimum Gasteiger partial charge on any atom is -0.374 e. The maximum absolute atomic E-state index is 11.0. The van der Waals surface area contributed by atoms with E-state index in [4.69, 9.17) is 18.9 Å². The van der Waals surface area contributed by atoms with Gasteiger partial charge in [0.15, 0.2) is 5.79 Å². The van der Waals surface area contributed by atoms with Crippen LogP contribution in [0, 0.1) is 0 Å². The van der Waals surface area contributed by atoms with Crippen molar-refractivity contribution in [3.05, 3.63) is 108 Å². The van der Waals surface area contributed by atoms with Crippen LogP contribution in [0.4, 0.5) is 0 Å². The molecule has 0 aromatic heterocycles. The highest BCUT2D eigenvalue weighted by Gasteiger charge is 2.53. The van der Waals surface area contributed by atoms with Crippen LogP contribution in [0.2, 0.25) is 0 Å². The number of aliphatic hydroxyl groups is 1. The largest absolute Gasteiger partial charge is 0.374 e. The summed E-state index contributed by atoms with van der Waals surface area (Å²) in [7, 11) is 0. The lowest BCUT2D eigenvalue weighted by molar-refractivity contribution is -0.231. The Balaban J connectivity index is 1.44. The van der Waals surface area contributed by atoms with Crippen molar-refractivity contribution in [2.75, 3.05) is 6.61 Å². The lowest BCUT2D eigenvalue weighted by Crippen LogP contribution is -2.44. The van der Waals surface area contributed by atoms with E-state index in [9.17, 15) is 5.11 Å². The molecular formula is C27H30O5. The van der Waals surface area contributed by atoms with E-state index >= 15 is 0 Å². The summed E-state index contributed by atoms with van der Waals surface area (Å²) in [6.07, 6.45) is -1.60. The normalized spacial score (nSPS) is 25.1. The van der Waals surface area contributed by atoms with E-state index in [-0.39, 0.29) is 6.61 Å². The molecule has 1 heterocycles. The minimum absolute atomic E-state index is 0.287. The molecule has 0 unspecified atom stereocenters. The van der Waals surface area contributed by atoms with Gasteiger partial charge >= 0.3 is 0 Å². The first-order valence-corrected chi connectivity index (χ1v) is 10.9. The maximum atomic E-state index is 11.0. The van der Waals surface area contributed by atoms with Gasteiger partial charge in [-0.1, -0.05) is 91.0 Å². The van der Waals surface area contributed by atoms with E-state index < -0.39 is 24.1 Å². The van der Waals surface area contributed by atoms with Gasteiger partial charge in [-0.15, -0.1) is 0 Å². The van der Waals surface area contributed by atoms with E-state index in [1.54, 1.807) is 6.92 Å². The van der Waals surface area contributed by atoms with Crippen molar-refractivity contribution in [2.45, 2.75) is 50.8 Å². The van der Waals surface area contributed by atoms with Crippen molar-refractivity contribution < 1.29 is 24.1 Å². The lowest BCUT2D eigenvalue weighted by Gasteiger charge is -2.27. The maximum Gasteiger partial charge on any atom is 0.192 e. The summed E-state index contributed by atoms with van der Waals surface area (Å²) in [4.78, 5) is 0. The molecule has 3 aromatic rings. The fourth-order valence-electron chi connectivity index (χ4n) is 3.91. The fourth-order valence-corrected chi connectivity index (χ4v) is 3.91. The molecule has 3 aromatic carbocycles. The van der Waals surface area contributed by atoms with Crippen LogP contribution in [0.15, 0.2) is 91.0 Å². The van der Waals surface area contributed by atoms with Crippen molar-refractivity contribution in [3.8, 4) is 0 Å². The fraction of sp³-hybridized carbons (Fsp3) is 0.333. The van der Waals surface area contributed by atoms with E-state index in [1.807, 2.05) is 91.0 Å². The first-order valence-electron chi connectivity index (χ1n) is 10.9. The average molecular weight is 435 g/mol. The molecule has 4 rings (SSSR count). The van der Waals surface area contributed by atoms with Crippen molar-refractivity contribution >= 4 is 0 Å². The molecule has 4 atom stereocenters. The molecule has 1 aliphatic heterocycles. The van der Waals surface area contributed by atoms with Gasteiger partial charge in [0.25, 0.3) is 0 Å². The standard InChI is InChI=1S/C27H30O5/c1-27(28)26(31-19-23-15-9-4-10-16-23)25(30-18-22-13-7-3-8-14-22)24(32-27)20-29-17-21-11-5-2-6-12-21/h2-16,24-26,28H,17-20H2,1H3/t24-,25-,26-,27+/m1/s1. The van der Waals surface area contributed by atoms with Crippen LogP contribution in [0.1, 0.15) is 23.6 Å². The van der Waals surface area contributed by atoms with Crippen LogP contribution in [0.25, 0.3) is 0 Å². The summed E-state index contributed by atoms with van der Waals surface area (Å²) < 4.78 is 24.3. The Labute approximate surface area is 189 Å². The zero-order valence-corrected chi connectivity index (χ0v) is 18.3. The zero-order valence-electron chi connectivity index (χ0n) is 18.3. The van der Waals surface area contributed by atoms with Crippen LogP contribution < -0.4 is 0 Å². The highest BCUT2D eigenvalue weighted by atomic mass is 16.7. The Hall–Kier alpha value is -2.54. The molecule has 0 radical (unpaired) electrons. The van der Waals surface area contributed by atoms with Crippen LogP contribution in [0.3, 0.4) is 0 Å². The monoisotopic (exact) mass is 434 g/mol. The lowest BCUT2D eigenvalue weighted by atomic mass is 10.1. The van der Waals surface area contributed by atoms with Crippen LogP contribution >= 0.6 is 0 Å². The molecule has 32 heavy (non-hydrogen) atoms. The minimum atomic E-state index is -1.49. The van der Waals surface area contributed by atoms with Gasteiger partial charge in [-0.25, -0.2) is 0 Å². The number of hydrogen-bond donors (Lipinski definition) is 1. The second-order valence-corrected chi connectivity index (χ2v) is 8.19. The van der Waals surface area contributed by atoms with E-state index in [2.05, 4.69) is 0 Å². The van der Waals surface area contributed by atoms with Crippen molar-refractivity contribution in [1.82, 2.24) is 0 Å². The first-order chi connectivity index (χ1) is 15.6. The van der Waals surface area contributed by atoms with Gasteiger partial charge in [-0.05, 0) is 23.6 Å². The summed E-state index contributed by atoms with van der Waals surface area (Å²) in [6.45, 7) is 3.12. The topological polar surface area (TPSA) is 57.2 Å². The molecule has 1 fully saturated rings. The molecule has 0 amide bonds. The number of benzene rings is 3. The Morgan fingerprint density at radius 3 is 1.72 bits per heavy atom. The van der Waals surface area contributed by atoms with Gasteiger partial charge in [0.05, 0.1) is 26.4 Å². The second-order valence-electron chi connectivity index (χ2n) is 8.19. The Bertz CT molecular complexity index is 930. The zero-order chi connectivity index (χ0) is 22.2. The summed E-state index contributed by atoms with van der Waals surface area (Å²) in [5, 5.41) is 11.0. The molecule has 0 saturated carbocycles. The second kappa shape index (κ2) is 10.9. The van der Waals surface area contributed by atoms with E-state index in [0.29, 0.717) is 19.8 Å². The summed E-state index contributed by atoms with van der Waals surface area (Å²) in [5.74, 6) is -1.49. The molecule has 168 valence electrons. The third-order valence-electron chi connectivity index (χ3n) is 5.53. The average Bonchev–Trinajstić information content (AvgIpc) is 3.07. The van der Waals surface area contributed by atoms with Gasteiger partial charge in [-0.3, -0.25) is 0 Å². The van der Waals surface area contributed by atoms with Crippen LogP contribution in [-0.4, -0.2) is 35.8 Å². The Morgan fingerprint density at radius 2 is 1.19 bits per heavy atom. The smallest absolute Gasteiger partial charge is 0.192 e. The SMILES string of the molecule is C[C@]1(O)O[C@H](COCc2ccccc2)[C@@H](OCc2ccccc2)[C@H]1OCc1ccccc1. The highest BCUT2D eigenvalue weighted by Crippen LogP contribution is 2.34. The van der Waals surface area contributed by atoms with Gasteiger partial charge in [0, 0.05) is 0 Å². The molecule has 0 bridgehead atoms. The van der Waals surface area contributed by atoms with Crippen LogP contribution in [-0.2, 0) is 38.8 Å². The quantitative estimate of drug-likeness (QED) is 0.510. The summed E-state index contributed by atoms with van der Waals surface area (Å²) >= 11 is 0. The van der Waals surface area contributed by atoms with Gasteiger partial charge in [0.1, 0.15) is 18.3 Å². The van der Waals surface area contributed by atoms with Crippen molar-refractivity contribution in [1.29, 1.82) is 0 Å². The van der Waals surface area contributed by atoms with E-state index in [0.717, 1.165) is 16.7 Å². The third-order valence-corrected chi connectivity index (χ3v) is 5.53.